The number of carbonyl (C=O) groups is 2. The van der Waals surface area contributed by atoms with Gasteiger partial charge in [-0.1, -0.05) is 40.9 Å². The van der Waals surface area contributed by atoms with E-state index in [0.29, 0.717) is 80.8 Å². The number of hydrogen-bond acceptors (Lipinski definition) is 11. The van der Waals surface area contributed by atoms with Gasteiger partial charge in [0.2, 0.25) is 5.91 Å². The molecular weight excluding hydrogens is 637 g/mol. The number of aliphatic hydroxyl groups excluding tert-OH is 1. The minimum absolute atomic E-state index is 0.0824. The first-order valence-electron chi connectivity index (χ1n) is 17.7. The number of esters is 1. The summed E-state index contributed by atoms with van der Waals surface area (Å²) in [6, 6.07) is 2.04. The second-order valence-corrected chi connectivity index (χ2v) is 16.3. The van der Waals surface area contributed by atoms with Gasteiger partial charge in [-0.05, 0) is 87.7 Å². The maximum absolute atomic E-state index is 13.1. The van der Waals surface area contributed by atoms with Crippen molar-refractivity contribution in [1.82, 2.24) is 10.2 Å². The number of phenols is 1. The van der Waals surface area contributed by atoms with E-state index < -0.39 is 12.2 Å². The molecule has 1 saturated heterocycles. The van der Waals surface area contributed by atoms with Crippen LogP contribution >= 0.6 is 21.6 Å². The Labute approximate surface area is 287 Å². The standard InChI is InChI=1S/C35H54N4O6S2/c1-23(40)44-29-12-10-26-18-27(33(43)34-30(26)13-11-25-7-6-9-31(25)45-34)21-39-20-24(17-32(39)42)14-15-37-35(36)38-22-47-46-16-5-3-2-4-8-28(41)19-29/h18,24-25,28-29,31,41,43H,2-17,19-22H2,1H3,(H3,36,37,38). The Bertz CT molecular complexity index is 1250. The fourth-order valence-corrected chi connectivity index (χ4v) is 9.46. The largest absolute Gasteiger partial charge is 0.504 e. The highest BCUT2D eigenvalue weighted by Gasteiger charge is 2.36. The maximum Gasteiger partial charge on any atom is 0.302 e. The first kappa shape index (κ1) is 36.0. The minimum atomic E-state index is -0.538. The highest BCUT2D eigenvalue weighted by Crippen LogP contribution is 2.45. The summed E-state index contributed by atoms with van der Waals surface area (Å²) >= 11 is 0. The van der Waals surface area contributed by atoms with Crippen molar-refractivity contribution in [3.63, 3.8) is 0 Å². The van der Waals surface area contributed by atoms with Crippen LogP contribution in [-0.4, -0.2) is 76.0 Å². The lowest BCUT2D eigenvalue weighted by Gasteiger charge is -2.24. The van der Waals surface area contributed by atoms with Crippen LogP contribution in [0.25, 0.3) is 0 Å². The van der Waals surface area contributed by atoms with E-state index in [4.69, 9.17) is 15.2 Å². The Kier molecular flexibility index (Phi) is 13.7. The fourth-order valence-electron chi connectivity index (χ4n) is 7.66. The lowest BCUT2D eigenvalue weighted by molar-refractivity contribution is -0.148. The van der Waals surface area contributed by atoms with Crippen LogP contribution in [0.4, 0.5) is 0 Å². The second-order valence-electron chi connectivity index (χ2n) is 13.8. The number of aliphatic imine (C=N–C) groups is 1. The summed E-state index contributed by atoms with van der Waals surface area (Å²) in [6.07, 6.45) is 12.0. The molecule has 1 saturated carbocycles. The maximum atomic E-state index is 13.1. The third-order valence-corrected chi connectivity index (χ3v) is 12.3. The molecule has 1 aromatic carbocycles. The van der Waals surface area contributed by atoms with Crippen molar-refractivity contribution in [1.29, 1.82) is 0 Å². The normalized spacial score (nSPS) is 29.0. The highest BCUT2D eigenvalue weighted by molar-refractivity contribution is 8.76. The molecule has 0 aromatic heterocycles. The molecule has 3 aliphatic heterocycles. The number of nitrogens with two attached hydrogens (primary N) is 1. The number of nitrogens with one attached hydrogen (secondary N) is 1. The third-order valence-electron chi connectivity index (χ3n) is 10.2. The summed E-state index contributed by atoms with van der Waals surface area (Å²) in [5.41, 5.74) is 8.87. The van der Waals surface area contributed by atoms with Gasteiger partial charge >= 0.3 is 5.97 Å². The quantitative estimate of drug-likeness (QED) is 0.222. The van der Waals surface area contributed by atoms with E-state index in [0.717, 1.165) is 81.1 Å². The summed E-state index contributed by atoms with van der Waals surface area (Å²) in [7, 11) is 3.49. The minimum Gasteiger partial charge on any atom is -0.504 e. The number of rotatable bonds is 1. The molecule has 5 rings (SSSR count). The molecule has 2 fully saturated rings. The number of phenolic OH excluding ortho intramolecular Hbond substituents is 1. The number of ether oxygens (including phenoxy) is 2. The van der Waals surface area contributed by atoms with Crippen molar-refractivity contribution in [3.8, 4) is 11.5 Å². The predicted molar refractivity (Wildman–Crippen MR) is 188 cm³/mol. The summed E-state index contributed by atoms with van der Waals surface area (Å²) in [5.74, 6) is 3.20. The third kappa shape index (κ3) is 10.6. The molecule has 1 aromatic rings. The number of amides is 1. The molecule has 4 bridgehead atoms. The lowest BCUT2D eigenvalue weighted by atomic mass is 9.90. The smallest absolute Gasteiger partial charge is 0.302 e. The summed E-state index contributed by atoms with van der Waals surface area (Å²) < 4.78 is 12.3. The van der Waals surface area contributed by atoms with Gasteiger partial charge in [-0.15, -0.1) is 0 Å². The molecular formula is C35H54N4O6S2. The number of aryl methyl sites for hydroxylation is 1. The number of benzene rings is 1. The highest BCUT2D eigenvalue weighted by atomic mass is 33.1. The number of aromatic hydroxyl groups is 1. The van der Waals surface area contributed by atoms with Crippen molar-refractivity contribution < 1.29 is 29.3 Å². The van der Waals surface area contributed by atoms with E-state index in [-0.39, 0.29) is 29.6 Å². The SMILES string of the molecule is CC(=O)OC1CCc2cc(c(O)c3c2CCC2CCCC2O3)CN2CC(CCNC(N)=NCSSCCCCCCC(O)C1)CC2=O. The van der Waals surface area contributed by atoms with Crippen molar-refractivity contribution >= 4 is 39.4 Å². The lowest BCUT2D eigenvalue weighted by Crippen LogP contribution is -2.33. The summed E-state index contributed by atoms with van der Waals surface area (Å²) in [4.78, 5) is 31.5. The van der Waals surface area contributed by atoms with E-state index in [2.05, 4.69) is 10.3 Å². The number of guanidine groups is 1. The van der Waals surface area contributed by atoms with Gasteiger partial charge in [0.1, 0.15) is 12.2 Å². The predicted octanol–water partition coefficient (Wildman–Crippen LogP) is 5.45. The van der Waals surface area contributed by atoms with E-state index in [1.54, 1.807) is 21.6 Å². The molecule has 1 aliphatic carbocycles. The average molecular weight is 691 g/mol. The number of fused-ring (bicyclic) bond motifs is 7. The van der Waals surface area contributed by atoms with E-state index >= 15 is 0 Å². The Hall–Kier alpha value is -2.31. The first-order chi connectivity index (χ1) is 22.8. The molecule has 10 nitrogen and oxygen atoms in total. The van der Waals surface area contributed by atoms with E-state index in [1.165, 1.54) is 6.92 Å². The number of nitrogens with zero attached hydrogens (tertiary/aromatic N) is 2. The molecule has 0 spiro atoms. The molecule has 12 heteroatoms. The zero-order chi connectivity index (χ0) is 33.2. The van der Waals surface area contributed by atoms with Gasteiger partial charge in [-0.2, -0.15) is 0 Å². The van der Waals surface area contributed by atoms with Crippen LogP contribution in [0.3, 0.4) is 0 Å². The van der Waals surface area contributed by atoms with Gasteiger partial charge in [0, 0.05) is 56.3 Å². The zero-order valence-corrected chi connectivity index (χ0v) is 29.6. The van der Waals surface area contributed by atoms with Crippen LogP contribution in [-0.2, 0) is 33.7 Å². The van der Waals surface area contributed by atoms with Gasteiger partial charge in [-0.3, -0.25) is 9.59 Å². The van der Waals surface area contributed by atoms with E-state index in [1.807, 2.05) is 11.0 Å². The molecule has 4 aliphatic rings. The molecule has 1 amide bonds. The Balaban J connectivity index is 1.36. The molecule has 262 valence electrons. The average Bonchev–Trinajstić information content (AvgIpc) is 3.57. The second kappa shape index (κ2) is 17.9. The monoisotopic (exact) mass is 690 g/mol. The van der Waals surface area contributed by atoms with Crippen molar-refractivity contribution in [2.75, 3.05) is 24.7 Å². The van der Waals surface area contributed by atoms with Gasteiger partial charge in [0.05, 0.1) is 12.0 Å². The van der Waals surface area contributed by atoms with Crippen LogP contribution in [0.5, 0.6) is 11.5 Å². The Morgan fingerprint density at radius 3 is 2.77 bits per heavy atom. The number of hydrogen-bond donors (Lipinski definition) is 4. The van der Waals surface area contributed by atoms with Gasteiger partial charge in [0.25, 0.3) is 0 Å². The van der Waals surface area contributed by atoms with Crippen molar-refractivity contribution in [2.24, 2.45) is 22.6 Å². The molecule has 5 atom stereocenters. The number of aliphatic hydroxyl groups is 1. The van der Waals surface area contributed by atoms with Crippen molar-refractivity contribution in [2.45, 2.75) is 128 Å². The molecule has 0 radical (unpaired) electrons. The van der Waals surface area contributed by atoms with Crippen LogP contribution in [0.2, 0.25) is 0 Å². The summed E-state index contributed by atoms with van der Waals surface area (Å²) in [6.45, 7) is 3.01. The Morgan fingerprint density at radius 1 is 1.06 bits per heavy atom. The van der Waals surface area contributed by atoms with Gasteiger partial charge in [0.15, 0.2) is 17.5 Å². The topological polar surface area (TPSA) is 147 Å². The van der Waals surface area contributed by atoms with Gasteiger partial charge < -0.3 is 35.6 Å². The van der Waals surface area contributed by atoms with Crippen LogP contribution in [0.15, 0.2) is 11.1 Å². The molecule has 5 unspecified atom stereocenters. The van der Waals surface area contributed by atoms with Crippen molar-refractivity contribution in [3.05, 3.63) is 22.8 Å². The molecule has 3 heterocycles. The fraction of sp³-hybridized carbons (Fsp3) is 0.743. The Morgan fingerprint density at radius 2 is 1.91 bits per heavy atom. The first-order valence-corrected chi connectivity index (χ1v) is 20.2. The molecule has 5 N–H and O–H groups in total. The zero-order valence-electron chi connectivity index (χ0n) is 27.9. The van der Waals surface area contributed by atoms with Gasteiger partial charge in [-0.25, -0.2) is 4.99 Å². The van der Waals surface area contributed by atoms with Crippen LogP contribution in [0.1, 0.15) is 107 Å². The van der Waals surface area contributed by atoms with Crippen LogP contribution < -0.4 is 15.8 Å². The number of carbonyl (C=O) groups excluding carboxylic acids is 2. The van der Waals surface area contributed by atoms with E-state index in [9.17, 15) is 19.8 Å². The van der Waals surface area contributed by atoms with Crippen LogP contribution in [0, 0.1) is 11.8 Å². The molecule has 47 heavy (non-hydrogen) atoms. The summed E-state index contributed by atoms with van der Waals surface area (Å²) in [5, 5.41) is 25.7.